The second-order valence-electron chi connectivity index (χ2n) is 4.12. The van der Waals surface area contributed by atoms with Crippen LogP contribution in [0.2, 0.25) is 0 Å². The summed E-state index contributed by atoms with van der Waals surface area (Å²) in [4.78, 5) is 15.2. The van der Waals surface area contributed by atoms with Gasteiger partial charge in [0, 0.05) is 24.2 Å². The van der Waals surface area contributed by atoms with Gasteiger partial charge in [0.2, 0.25) is 0 Å². The van der Waals surface area contributed by atoms with Crippen LogP contribution in [-0.4, -0.2) is 19.3 Å². The summed E-state index contributed by atoms with van der Waals surface area (Å²) in [7, 11) is 0. The molecular weight excluding hydrogens is 240 g/mol. The first kappa shape index (κ1) is 11.4. The van der Waals surface area contributed by atoms with Gasteiger partial charge >= 0.3 is 5.69 Å². The summed E-state index contributed by atoms with van der Waals surface area (Å²) in [5.74, 6) is 0. The van der Waals surface area contributed by atoms with Crippen molar-refractivity contribution in [1.82, 2.24) is 19.3 Å². The Morgan fingerprint density at radius 2 is 1.84 bits per heavy atom. The highest BCUT2D eigenvalue weighted by Gasteiger charge is 2.02. The van der Waals surface area contributed by atoms with Gasteiger partial charge in [0.25, 0.3) is 0 Å². The van der Waals surface area contributed by atoms with Crippen molar-refractivity contribution < 1.29 is 0 Å². The molecular formula is C14H12N4O. The van der Waals surface area contributed by atoms with Gasteiger partial charge in [-0.3, -0.25) is 9.25 Å². The van der Waals surface area contributed by atoms with E-state index in [1.165, 1.54) is 10.8 Å². The standard InChI is InChI=1S/C14H12N4O/c19-14-15-8-4-9-17(14)11-18-10-7-13(16-18)12-5-2-1-3-6-12/h1-10H,11H2. The molecule has 0 aliphatic heterocycles. The summed E-state index contributed by atoms with van der Waals surface area (Å²) in [6.45, 7) is 0.361. The Labute approximate surface area is 109 Å². The Kier molecular flexibility index (Phi) is 2.94. The molecule has 0 aliphatic rings. The lowest BCUT2D eigenvalue weighted by Gasteiger charge is -2.03. The van der Waals surface area contributed by atoms with Gasteiger partial charge < -0.3 is 0 Å². The normalized spacial score (nSPS) is 10.5. The molecule has 5 nitrogen and oxygen atoms in total. The van der Waals surface area contributed by atoms with E-state index in [2.05, 4.69) is 10.1 Å². The smallest absolute Gasteiger partial charge is 0.279 e. The van der Waals surface area contributed by atoms with Crippen molar-refractivity contribution in [2.45, 2.75) is 6.67 Å². The highest BCUT2D eigenvalue weighted by Crippen LogP contribution is 2.15. The molecule has 0 saturated carbocycles. The maximum atomic E-state index is 11.5. The summed E-state index contributed by atoms with van der Waals surface area (Å²) < 4.78 is 3.22. The first-order valence-electron chi connectivity index (χ1n) is 5.93. The van der Waals surface area contributed by atoms with Crippen LogP contribution in [0.5, 0.6) is 0 Å². The molecule has 0 atom stereocenters. The largest absolute Gasteiger partial charge is 0.349 e. The first-order chi connectivity index (χ1) is 9.33. The van der Waals surface area contributed by atoms with E-state index in [1.54, 1.807) is 16.9 Å². The van der Waals surface area contributed by atoms with E-state index in [0.29, 0.717) is 6.67 Å². The Balaban J connectivity index is 1.87. The molecule has 0 unspecified atom stereocenters. The van der Waals surface area contributed by atoms with Gasteiger partial charge in [0.05, 0.1) is 5.69 Å². The molecule has 2 heterocycles. The van der Waals surface area contributed by atoms with E-state index < -0.39 is 0 Å². The summed E-state index contributed by atoms with van der Waals surface area (Å²) >= 11 is 0. The third kappa shape index (κ3) is 2.44. The number of hydrogen-bond acceptors (Lipinski definition) is 3. The fourth-order valence-corrected chi connectivity index (χ4v) is 1.85. The lowest BCUT2D eigenvalue weighted by molar-refractivity contribution is 0.526. The number of aromatic nitrogens is 4. The fourth-order valence-electron chi connectivity index (χ4n) is 1.85. The van der Waals surface area contributed by atoms with Crippen LogP contribution >= 0.6 is 0 Å². The fraction of sp³-hybridized carbons (Fsp3) is 0.0714. The maximum Gasteiger partial charge on any atom is 0.349 e. The van der Waals surface area contributed by atoms with Gasteiger partial charge in [-0.25, -0.2) is 9.78 Å². The minimum absolute atomic E-state index is 0.278. The highest BCUT2D eigenvalue weighted by atomic mass is 16.1. The minimum atomic E-state index is -0.278. The topological polar surface area (TPSA) is 52.7 Å². The molecule has 0 bridgehead atoms. The third-order valence-electron chi connectivity index (χ3n) is 2.79. The van der Waals surface area contributed by atoms with Crippen LogP contribution in [0.15, 0.2) is 65.8 Å². The lowest BCUT2D eigenvalue weighted by Crippen LogP contribution is -2.24. The monoisotopic (exact) mass is 252 g/mol. The molecule has 0 saturated heterocycles. The Hall–Kier alpha value is -2.69. The zero-order chi connectivity index (χ0) is 13.1. The number of hydrogen-bond donors (Lipinski definition) is 0. The van der Waals surface area contributed by atoms with Crippen molar-refractivity contribution in [3.63, 3.8) is 0 Å². The van der Waals surface area contributed by atoms with Gasteiger partial charge in [-0.15, -0.1) is 0 Å². The van der Waals surface area contributed by atoms with Gasteiger partial charge in [-0.1, -0.05) is 30.3 Å². The summed E-state index contributed by atoms with van der Waals surface area (Å²) in [6, 6.07) is 13.6. The van der Waals surface area contributed by atoms with Crippen molar-refractivity contribution in [2.75, 3.05) is 0 Å². The Morgan fingerprint density at radius 3 is 2.63 bits per heavy atom. The lowest BCUT2D eigenvalue weighted by atomic mass is 10.2. The van der Waals surface area contributed by atoms with Gasteiger partial charge in [-0.2, -0.15) is 5.10 Å². The first-order valence-corrected chi connectivity index (χ1v) is 5.93. The quantitative estimate of drug-likeness (QED) is 0.711. The molecule has 0 amide bonds. The second kappa shape index (κ2) is 4.89. The van der Waals surface area contributed by atoms with Crippen LogP contribution in [0.3, 0.4) is 0 Å². The van der Waals surface area contributed by atoms with Crippen molar-refractivity contribution >= 4 is 0 Å². The average molecular weight is 252 g/mol. The van der Waals surface area contributed by atoms with Gasteiger partial charge in [0.15, 0.2) is 0 Å². The molecule has 1 aromatic carbocycles. The summed E-state index contributed by atoms with van der Waals surface area (Å²) in [5, 5.41) is 4.45. The predicted molar refractivity (Wildman–Crippen MR) is 71.6 cm³/mol. The van der Waals surface area contributed by atoms with E-state index in [1.807, 2.05) is 42.6 Å². The van der Waals surface area contributed by atoms with E-state index in [9.17, 15) is 4.79 Å². The molecule has 0 aliphatic carbocycles. The molecule has 3 aromatic rings. The maximum absolute atomic E-state index is 11.5. The van der Waals surface area contributed by atoms with Crippen LogP contribution in [-0.2, 0) is 6.67 Å². The second-order valence-corrected chi connectivity index (χ2v) is 4.12. The molecule has 0 radical (unpaired) electrons. The zero-order valence-electron chi connectivity index (χ0n) is 10.2. The number of rotatable bonds is 3. The van der Waals surface area contributed by atoms with Crippen LogP contribution < -0.4 is 5.69 Å². The SMILES string of the molecule is O=c1ncccn1Cn1ccc(-c2ccccc2)n1. The average Bonchev–Trinajstić information content (AvgIpc) is 2.91. The summed E-state index contributed by atoms with van der Waals surface area (Å²) in [6.07, 6.45) is 5.03. The number of nitrogens with zero attached hydrogens (tertiary/aromatic N) is 4. The minimum Gasteiger partial charge on any atom is -0.279 e. The molecule has 0 fully saturated rings. The molecule has 5 heteroatoms. The highest BCUT2D eigenvalue weighted by molar-refractivity contribution is 5.57. The predicted octanol–water partition coefficient (Wildman–Crippen LogP) is 1.61. The molecule has 0 N–H and O–H groups in total. The van der Waals surface area contributed by atoms with Gasteiger partial charge in [0.1, 0.15) is 6.67 Å². The van der Waals surface area contributed by atoms with Crippen molar-refractivity contribution in [3.05, 3.63) is 71.5 Å². The van der Waals surface area contributed by atoms with E-state index >= 15 is 0 Å². The molecule has 0 spiro atoms. The van der Waals surface area contributed by atoms with E-state index in [0.717, 1.165) is 11.3 Å². The summed E-state index contributed by atoms with van der Waals surface area (Å²) in [5.41, 5.74) is 1.66. The van der Waals surface area contributed by atoms with Crippen LogP contribution in [0.25, 0.3) is 11.3 Å². The van der Waals surface area contributed by atoms with Crippen molar-refractivity contribution in [1.29, 1.82) is 0 Å². The van der Waals surface area contributed by atoms with Crippen molar-refractivity contribution in [2.24, 2.45) is 0 Å². The van der Waals surface area contributed by atoms with E-state index in [4.69, 9.17) is 0 Å². The van der Waals surface area contributed by atoms with Crippen LogP contribution in [0.4, 0.5) is 0 Å². The van der Waals surface area contributed by atoms with Gasteiger partial charge in [-0.05, 0) is 12.1 Å². The molecule has 94 valence electrons. The Bertz CT molecular complexity index is 730. The van der Waals surface area contributed by atoms with Crippen molar-refractivity contribution in [3.8, 4) is 11.3 Å². The van der Waals surface area contributed by atoms with Crippen LogP contribution in [0.1, 0.15) is 0 Å². The molecule has 3 rings (SSSR count). The zero-order valence-corrected chi connectivity index (χ0v) is 10.2. The Morgan fingerprint density at radius 1 is 1.00 bits per heavy atom. The molecule has 2 aromatic heterocycles. The molecule has 19 heavy (non-hydrogen) atoms. The number of benzene rings is 1. The van der Waals surface area contributed by atoms with E-state index in [-0.39, 0.29) is 5.69 Å². The third-order valence-corrected chi connectivity index (χ3v) is 2.79. The van der Waals surface area contributed by atoms with Crippen LogP contribution in [0, 0.1) is 0 Å².